The first-order valence-electron chi connectivity index (χ1n) is 8.27. The highest BCUT2D eigenvalue weighted by atomic mass is 16.5. The van der Waals surface area contributed by atoms with Crippen LogP contribution in [0.2, 0.25) is 0 Å². The Bertz CT molecular complexity index is 449. The van der Waals surface area contributed by atoms with E-state index in [0.717, 1.165) is 32.8 Å². The van der Waals surface area contributed by atoms with Crippen LogP contribution in [0.3, 0.4) is 0 Å². The lowest BCUT2D eigenvalue weighted by atomic mass is 9.92. The van der Waals surface area contributed by atoms with Crippen molar-refractivity contribution >= 4 is 5.69 Å². The van der Waals surface area contributed by atoms with Crippen molar-refractivity contribution in [1.29, 1.82) is 0 Å². The van der Waals surface area contributed by atoms with Crippen LogP contribution >= 0.6 is 0 Å². The van der Waals surface area contributed by atoms with E-state index in [1.807, 2.05) is 0 Å². The summed E-state index contributed by atoms with van der Waals surface area (Å²) in [6.07, 6.45) is 3.97. The van der Waals surface area contributed by atoms with Gasteiger partial charge in [0.2, 0.25) is 0 Å². The number of rotatable bonds is 4. The third-order valence-corrected chi connectivity index (χ3v) is 4.88. The Kier molecular flexibility index (Phi) is 4.51. The standard InChI is InChI=1S/C18H28N2O/c1-18(2)8-7-16(13-18)19-14-15-3-5-17(6-4-15)20-9-11-21-12-10-20/h3-6,16,19H,7-14H2,1-2H3. The molecule has 0 aromatic heterocycles. The Labute approximate surface area is 128 Å². The average molecular weight is 288 g/mol. The maximum absolute atomic E-state index is 5.41. The molecule has 3 rings (SSSR count). The summed E-state index contributed by atoms with van der Waals surface area (Å²) in [4.78, 5) is 2.40. The van der Waals surface area contributed by atoms with E-state index < -0.39 is 0 Å². The van der Waals surface area contributed by atoms with Gasteiger partial charge < -0.3 is 15.0 Å². The quantitative estimate of drug-likeness (QED) is 0.921. The fourth-order valence-corrected chi connectivity index (χ4v) is 3.52. The van der Waals surface area contributed by atoms with Crippen molar-refractivity contribution in [3.8, 4) is 0 Å². The van der Waals surface area contributed by atoms with Crippen LogP contribution in [-0.4, -0.2) is 32.3 Å². The van der Waals surface area contributed by atoms with E-state index in [2.05, 4.69) is 48.3 Å². The maximum Gasteiger partial charge on any atom is 0.0642 e. The first-order chi connectivity index (χ1) is 10.1. The lowest BCUT2D eigenvalue weighted by molar-refractivity contribution is 0.122. The van der Waals surface area contributed by atoms with Gasteiger partial charge in [-0.25, -0.2) is 0 Å². The summed E-state index contributed by atoms with van der Waals surface area (Å²) < 4.78 is 5.41. The number of morpholine rings is 1. The smallest absolute Gasteiger partial charge is 0.0642 e. The molecule has 1 saturated heterocycles. The molecular formula is C18H28N2O. The molecule has 1 N–H and O–H groups in total. The number of nitrogens with one attached hydrogen (secondary N) is 1. The second-order valence-electron chi connectivity index (χ2n) is 7.25. The second-order valence-corrected chi connectivity index (χ2v) is 7.25. The first-order valence-corrected chi connectivity index (χ1v) is 8.27. The van der Waals surface area contributed by atoms with Crippen LogP contribution in [0.5, 0.6) is 0 Å². The minimum Gasteiger partial charge on any atom is -0.378 e. The maximum atomic E-state index is 5.41. The molecule has 2 aliphatic rings. The molecule has 0 spiro atoms. The Morgan fingerprint density at radius 1 is 1.19 bits per heavy atom. The molecule has 1 aliphatic carbocycles. The third-order valence-electron chi connectivity index (χ3n) is 4.88. The molecule has 3 heteroatoms. The fourth-order valence-electron chi connectivity index (χ4n) is 3.52. The molecule has 1 aromatic rings. The van der Waals surface area contributed by atoms with Gasteiger partial charge in [-0.1, -0.05) is 26.0 Å². The van der Waals surface area contributed by atoms with E-state index in [1.54, 1.807) is 0 Å². The van der Waals surface area contributed by atoms with Crippen molar-refractivity contribution in [1.82, 2.24) is 5.32 Å². The van der Waals surface area contributed by atoms with E-state index in [0.29, 0.717) is 11.5 Å². The van der Waals surface area contributed by atoms with Crippen molar-refractivity contribution in [3.63, 3.8) is 0 Å². The third kappa shape index (κ3) is 3.98. The van der Waals surface area contributed by atoms with Gasteiger partial charge in [-0.05, 0) is 42.4 Å². The van der Waals surface area contributed by atoms with Gasteiger partial charge >= 0.3 is 0 Å². The van der Waals surface area contributed by atoms with Crippen LogP contribution in [0.25, 0.3) is 0 Å². The molecule has 1 aromatic carbocycles. The van der Waals surface area contributed by atoms with Crippen LogP contribution < -0.4 is 10.2 Å². The van der Waals surface area contributed by atoms with Crippen molar-refractivity contribution in [3.05, 3.63) is 29.8 Å². The van der Waals surface area contributed by atoms with Gasteiger partial charge in [-0.15, -0.1) is 0 Å². The summed E-state index contributed by atoms with van der Waals surface area (Å²) in [5.41, 5.74) is 3.23. The van der Waals surface area contributed by atoms with Crippen LogP contribution in [0.1, 0.15) is 38.7 Å². The molecule has 0 radical (unpaired) electrons. The lowest BCUT2D eigenvalue weighted by Crippen LogP contribution is -2.36. The molecule has 0 amide bonds. The van der Waals surface area contributed by atoms with Crippen molar-refractivity contribution < 1.29 is 4.74 Å². The van der Waals surface area contributed by atoms with Crippen LogP contribution in [-0.2, 0) is 11.3 Å². The van der Waals surface area contributed by atoms with E-state index in [1.165, 1.54) is 30.5 Å². The Hall–Kier alpha value is -1.06. The minimum absolute atomic E-state index is 0.526. The Morgan fingerprint density at radius 3 is 2.52 bits per heavy atom. The van der Waals surface area contributed by atoms with E-state index in [-0.39, 0.29) is 0 Å². The topological polar surface area (TPSA) is 24.5 Å². The fraction of sp³-hybridized carbons (Fsp3) is 0.667. The molecule has 1 saturated carbocycles. The minimum atomic E-state index is 0.526. The van der Waals surface area contributed by atoms with Gasteiger partial charge in [-0.3, -0.25) is 0 Å². The SMILES string of the molecule is CC1(C)CCC(NCc2ccc(N3CCOCC3)cc2)C1. The summed E-state index contributed by atoms with van der Waals surface area (Å²) >= 11 is 0. The van der Waals surface area contributed by atoms with Crippen LogP contribution in [0, 0.1) is 5.41 Å². The summed E-state index contributed by atoms with van der Waals surface area (Å²) in [6.45, 7) is 9.47. The lowest BCUT2D eigenvalue weighted by Gasteiger charge is -2.29. The molecule has 3 nitrogen and oxygen atoms in total. The molecule has 1 unspecified atom stereocenters. The molecule has 1 heterocycles. The molecule has 1 aliphatic heterocycles. The van der Waals surface area contributed by atoms with Crippen LogP contribution in [0.4, 0.5) is 5.69 Å². The zero-order valence-corrected chi connectivity index (χ0v) is 13.4. The number of anilines is 1. The number of hydrogen-bond acceptors (Lipinski definition) is 3. The first kappa shape index (κ1) is 14.9. The van der Waals surface area contributed by atoms with Gasteiger partial charge in [0.05, 0.1) is 13.2 Å². The van der Waals surface area contributed by atoms with E-state index >= 15 is 0 Å². The normalized spacial score (nSPS) is 25.2. The van der Waals surface area contributed by atoms with Gasteiger partial charge in [0.25, 0.3) is 0 Å². The second kappa shape index (κ2) is 6.37. The van der Waals surface area contributed by atoms with Crippen LogP contribution in [0.15, 0.2) is 24.3 Å². The average Bonchev–Trinajstić information content (AvgIpc) is 2.86. The largest absolute Gasteiger partial charge is 0.378 e. The summed E-state index contributed by atoms with van der Waals surface area (Å²) in [7, 11) is 0. The monoisotopic (exact) mass is 288 g/mol. The van der Waals surface area contributed by atoms with Crippen molar-refractivity contribution in [2.24, 2.45) is 5.41 Å². The zero-order chi connectivity index (χ0) is 14.7. The van der Waals surface area contributed by atoms with Crippen molar-refractivity contribution in [2.45, 2.75) is 45.7 Å². The molecule has 1 atom stereocenters. The number of benzene rings is 1. The molecule has 0 bridgehead atoms. The predicted molar refractivity (Wildman–Crippen MR) is 87.7 cm³/mol. The summed E-state index contributed by atoms with van der Waals surface area (Å²) in [5.74, 6) is 0. The Balaban J connectivity index is 1.50. The van der Waals surface area contributed by atoms with Crippen molar-refractivity contribution in [2.75, 3.05) is 31.2 Å². The van der Waals surface area contributed by atoms with E-state index in [4.69, 9.17) is 4.74 Å². The molecule has 21 heavy (non-hydrogen) atoms. The van der Waals surface area contributed by atoms with Gasteiger partial charge in [0, 0.05) is 31.4 Å². The molecule has 2 fully saturated rings. The van der Waals surface area contributed by atoms with Gasteiger partial charge in [-0.2, -0.15) is 0 Å². The molecular weight excluding hydrogens is 260 g/mol. The van der Waals surface area contributed by atoms with Gasteiger partial charge in [0.1, 0.15) is 0 Å². The predicted octanol–water partition coefficient (Wildman–Crippen LogP) is 3.19. The Morgan fingerprint density at radius 2 is 1.90 bits per heavy atom. The summed E-state index contributed by atoms with van der Waals surface area (Å²) in [6, 6.07) is 9.72. The highest BCUT2D eigenvalue weighted by Gasteiger charge is 2.30. The highest BCUT2D eigenvalue weighted by molar-refractivity contribution is 5.47. The number of ether oxygens (including phenoxy) is 1. The number of nitrogens with zero attached hydrogens (tertiary/aromatic N) is 1. The zero-order valence-electron chi connectivity index (χ0n) is 13.4. The highest BCUT2D eigenvalue weighted by Crippen LogP contribution is 2.36. The summed E-state index contributed by atoms with van der Waals surface area (Å²) in [5, 5.41) is 3.72. The van der Waals surface area contributed by atoms with E-state index in [9.17, 15) is 0 Å². The molecule has 116 valence electrons. The number of hydrogen-bond donors (Lipinski definition) is 1. The van der Waals surface area contributed by atoms with Gasteiger partial charge in [0.15, 0.2) is 0 Å².